The van der Waals surface area contributed by atoms with Gasteiger partial charge in [-0.1, -0.05) is 30.3 Å². The Hall–Kier alpha value is -3.27. The third-order valence-electron chi connectivity index (χ3n) is 4.38. The smallest absolute Gasteiger partial charge is 0.230 e. The van der Waals surface area contributed by atoms with Crippen LogP contribution in [-0.4, -0.2) is 9.97 Å². The molecule has 0 N–H and O–H groups in total. The van der Waals surface area contributed by atoms with E-state index < -0.39 is 0 Å². The maximum absolute atomic E-state index is 14.2. The molecule has 4 rings (SSSR count). The van der Waals surface area contributed by atoms with Crippen LogP contribution in [0.2, 0.25) is 0 Å². The van der Waals surface area contributed by atoms with E-state index in [2.05, 4.69) is 16.9 Å². The average Bonchev–Trinajstić information content (AvgIpc) is 2.65. The van der Waals surface area contributed by atoms with Gasteiger partial charge in [0.05, 0.1) is 16.5 Å². The Balaban J connectivity index is 1.87. The van der Waals surface area contributed by atoms with Crippen molar-refractivity contribution in [3.8, 4) is 23.0 Å². The summed E-state index contributed by atoms with van der Waals surface area (Å²) in [5, 5.41) is 0.783. The lowest BCUT2D eigenvalue weighted by molar-refractivity contribution is 0.468. The van der Waals surface area contributed by atoms with Crippen molar-refractivity contribution < 1.29 is 9.13 Å². The van der Waals surface area contributed by atoms with Crippen molar-refractivity contribution in [3.63, 3.8) is 0 Å². The van der Waals surface area contributed by atoms with Crippen LogP contribution in [0.1, 0.15) is 11.1 Å². The van der Waals surface area contributed by atoms with Crippen molar-refractivity contribution in [3.05, 3.63) is 83.7 Å². The van der Waals surface area contributed by atoms with Crippen LogP contribution < -0.4 is 4.74 Å². The Morgan fingerprint density at radius 3 is 2.38 bits per heavy atom. The van der Waals surface area contributed by atoms with Crippen molar-refractivity contribution in [1.29, 1.82) is 0 Å². The Kier molecular flexibility index (Phi) is 4.09. The summed E-state index contributed by atoms with van der Waals surface area (Å²) in [6, 6.07) is 19.9. The van der Waals surface area contributed by atoms with Gasteiger partial charge in [0.2, 0.25) is 5.88 Å². The normalized spacial score (nSPS) is 10.9. The summed E-state index contributed by atoms with van der Waals surface area (Å²) >= 11 is 0. The number of para-hydroxylation sites is 1. The molecular formula is C22H17FN2O. The summed E-state index contributed by atoms with van der Waals surface area (Å²) in [4.78, 5) is 9.02. The highest BCUT2D eigenvalue weighted by atomic mass is 19.1. The largest absolute Gasteiger partial charge is 0.438 e. The van der Waals surface area contributed by atoms with Crippen LogP contribution in [0.15, 0.2) is 66.7 Å². The molecule has 0 saturated heterocycles. The molecule has 3 aromatic carbocycles. The second-order valence-corrected chi connectivity index (χ2v) is 6.20. The maximum atomic E-state index is 14.2. The molecule has 26 heavy (non-hydrogen) atoms. The van der Waals surface area contributed by atoms with Gasteiger partial charge in [-0.2, -0.15) is 4.98 Å². The third-order valence-corrected chi connectivity index (χ3v) is 4.38. The van der Waals surface area contributed by atoms with Crippen molar-refractivity contribution in [2.75, 3.05) is 0 Å². The van der Waals surface area contributed by atoms with Crippen molar-refractivity contribution in [1.82, 2.24) is 9.97 Å². The number of benzene rings is 3. The number of halogens is 1. The van der Waals surface area contributed by atoms with Gasteiger partial charge in [0.15, 0.2) is 5.82 Å². The van der Waals surface area contributed by atoms with Gasteiger partial charge in [-0.05, 0) is 61.4 Å². The zero-order valence-corrected chi connectivity index (χ0v) is 14.5. The number of hydrogen-bond acceptors (Lipinski definition) is 3. The standard InChI is InChI=1S/C22H17FN2O/c1-14-11-12-16(13-15(14)2)26-22-18-8-4-6-10-20(18)24-21(25-22)17-7-3-5-9-19(17)23/h3-13H,1-2H3. The van der Waals surface area contributed by atoms with Gasteiger partial charge < -0.3 is 4.74 Å². The first-order valence-electron chi connectivity index (χ1n) is 8.38. The summed E-state index contributed by atoms with van der Waals surface area (Å²) in [7, 11) is 0. The van der Waals surface area contributed by atoms with Crippen LogP contribution >= 0.6 is 0 Å². The average molecular weight is 344 g/mol. The van der Waals surface area contributed by atoms with Crippen LogP contribution in [0.3, 0.4) is 0 Å². The van der Waals surface area contributed by atoms with Gasteiger partial charge in [-0.25, -0.2) is 9.37 Å². The van der Waals surface area contributed by atoms with Crippen LogP contribution in [0.4, 0.5) is 4.39 Å². The lowest BCUT2D eigenvalue weighted by Gasteiger charge is -2.11. The second-order valence-electron chi connectivity index (χ2n) is 6.20. The van der Waals surface area contributed by atoms with E-state index in [0.29, 0.717) is 28.5 Å². The molecule has 0 bridgehead atoms. The third kappa shape index (κ3) is 3.02. The molecule has 0 unspecified atom stereocenters. The van der Waals surface area contributed by atoms with Crippen molar-refractivity contribution in [2.45, 2.75) is 13.8 Å². The summed E-state index contributed by atoms with van der Waals surface area (Å²) in [5.41, 5.74) is 3.38. The molecule has 4 aromatic rings. The van der Waals surface area contributed by atoms with E-state index in [1.165, 1.54) is 11.6 Å². The first-order chi connectivity index (χ1) is 12.6. The Bertz CT molecular complexity index is 1110. The minimum atomic E-state index is -0.361. The number of fused-ring (bicyclic) bond motifs is 1. The van der Waals surface area contributed by atoms with Crippen LogP contribution in [-0.2, 0) is 0 Å². The first kappa shape index (κ1) is 16.2. The molecule has 3 nitrogen and oxygen atoms in total. The van der Waals surface area contributed by atoms with Crippen molar-refractivity contribution in [2.24, 2.45) is 0 Å². The SMILES string of the molecule is Cc1ccc(Oc2nc(-c3ccccc3F)nc3ccccc23)cc1C. The Labute approximate surface area is 151 Å². The molecule has 0 spiro atoms. The predicted molar refractivity (Wildman–Crippen MR) is 101 cm³/mol. The van der Waals surface area contributed by atoms with Crippen molar-refractivity contribution >= 4 is 10.9 Å². The van der Waals surface area contributed by atoms with Gasteiger partial charge in [0, 0.05) is 0 Å². The van der Waals surface area contributed by atoms with E-state index in [1.807, 2.05) is 49.4 Å². The zero-order valence-electron chi connectivity index (χ0n) is 14.5. The lowest BCUT2D eigenvalue weighted by Crippen LogP contribution is -1.97. The van der Waals surface area contributed by atoms with Crippen LogP contribution in [0, 0.1) is 19.7 Å². The molecule has 128 valence electrons. The van der Waals surface area contributed by atoms with Gasteiger partial charge in [-0.15, -0.1) is 0 Å². The number of aryl methyl sites for hydroxylation is 2. The summed E-state index contributed by atoms with van der Waals surface area (Å²) in [6.45, 7) is 4.08. The molecule has 0 aliphatic carbocycles. The van der Waals surface area contributed by atoms with E-state index in [-0.39, 0.29) is 5.82 Å². The molecule has 0 saturated carbocycles. The molecule has 1 aromatic heterocycles. The molecular weight excluding hydrogens is 327 g/mol. The zero-order chi connectivity index (χ0) is 18.1. The van der Waals surface area contributed by atoms with E-state index in [9.17, 15) is 4.39 Å². The van der Waals surface area contributed by atoms with Gasteiger partial charge in [0.1, 0.15) is 11.6 Å². The summed E-state index contributed by atoms with van der Waals surface area (Å²) in [6.07, 6.45) is 0. The summed E-state index contributed by atoms with van der Waals surface area (Å²) in [5.74, 6) is 1.05. The van der Waals surface area contributed by atoms with E-state index in [4.69, 9.17) is 4.74 Å². The minimum absolute atomic E-state index is 0.306. The van der Waals surface area contributed by atoms with Crippen LogP contribution in [0.5, 0.6) is 11.6 Å². The predicted octanol–water partition coefficient (Wildman–Crippen LogP) is 5.85. The highest BCUT2D eigenvalue weighted by Gasteiger charge is 2.14. The Morgan fingerprint density at radius 2 is 1.58 bits per heavy atom. The molecule has 0 aliphatic rings. The molecule has 4 heteroatoms. The van der Waals surface area contributed by atoms with E-state index >= 15 is 0 Å². The molecule has 0 radical (unpaired) electrons. The van der Waals surface area contributed by atoms with Gasteiger partial charge >= 0.3 is 0 Å². The van der Waals surface area contributed by atoms with E-state index in [0.717, 1.165) is 10.9 Å². The topological polar surface area (TPSA) is 35.0 Å². The quantitative estimate of drug-likeness (QED) is 0.468. The summed E-state index contributed by atoms with van der Waals surface area (Å²) < 4.78 is 20.3. The fourth-order valence-electron chi connectivity index (χ4n) is 2.78. The van der Waals surface area contributed by atoms with Gasteiger partial charge in [0.25, 0.3) is 0 Å². The number of nitrogens with zero attached hydrogens (tertiary/aromatic N) is 2. The fourth-order valence-corrected chi connectivity index (χ4v) is 2.78. The number of ether oxygens (including phenoxy) is 1. The van der Waals surface area contributed by atoms with Crippen LogP contribution in [0.25, 0.3) is 22.3 Å². The monoisotopic (exact) mass is 344 g/mol. The minimum Gasteiger partial charge on any atom is -0.438 e. The second kappa shape index (κ2) is 6.56. The molecule has 1 heterocycles. The molecule has 0 atom stereocenters. The van der Waals surface area contributed by atoms with Gasteiger partial charge in [-0.3, -0.25) is 0 Å². The highest BCUT2D eigenvalue weighted by molar-refractivity contribution is 5.85. The number of aromatic nitrogens is 2. The maximum Gasteiger partial charge on any atom is 0.230 e. The fraction of sp³-hybridized carbons (Fsp3) is 0.0909. The lowest BCUT2D eigenvalue weighted by atomic mass is 10.1. The highest BCUT2D eigenvalue weighted by Crippen LogP contribution is 2.31. The molecule has 0 aliphatic heterocycles. The molecule has 0 amide bonds. The number of rotatable bonds is 3. The van der Waals surface area contributed by atoms with E-state index in [1.54, 1.807) is 18.2 Å². The number of hydrogen-bond donors (Lipinski definition) is 0. The molecule has 0 fully saturated rings. The first-order valence-corrected chi connectivity index (χ1v) is 8.38. The Morgan fingerprint density at radius 1 is 0.808 bits per heavy atom.